The zero-order valence-corrected chi connectivity index (χ0v) is 22.2. The van der Waals surface area contributed by atoms with Crippen LogP contribution in [0.4, 0.5) is 4.79 Å². The summed E-state index contributed by atoms with van der Waals surface area (Å²) in [5.74, 6) is -1.61. The number of alkyl carbamates (subject to hydrolysis) is 1. The van der Waals surface area contributed by atoms with Gasteiger partial charge in [0.1, 0.15) is 17.5 Å². The Morgan fingerprint density at radius 2 is 1.95 bits per heavy atom. The second-order valence-electron chi connectivity index (χ2n) is 10.1. The first-order valence-corrected chi connectivity index (χ1v) is 12.6. The second-order valence-corrected chi connectivity index (χ2v) is 10.6. The van der Waals surface area contributed by atoms with Gasteiger partial charge in [0.05, 0.1) is 24.2 Å². The predicted molar refractivity (Wildman–Crippen MR) is 138 cm³/mol. The summed E-state index contributed by atoms with van der Waals surface area (Å²) in [6.07, 6.45) is 1.11. The van der Waals surface area contributed by atoms with Gasteiger partial charge < -0.3 is 25.0 Å². The van der Waals surface area contributed by atoms with Crippen LogP contribution < -0.4 is 10.9 Å². The molecule has 10 nitrogen and oxygen atoms in total. The van der Waals surface area contributed by atoms with Crippen molar-refractivity contribution in [2.24, 2.45) is 0 Å². The van der Waals surface area contributed by atoms with Gasteiger partial charge in [-0.2, -0.15) is 0 Å². The first kappa shape index (κ1) is 28.2. The van der Waals surface area contributed by atoms with Gasteiger partial charge >= 0.3 is 12.1 Å². The molecule has 2 aromatic rings. The van der Waals surface area contributed by atoms with Crippen molar-refractivity contribution in [3.63, 3.8) is 0 Å². The molecule has 3 rings (SSSR count). The lowest BCUT2D eigenvalue weighted by Crippen LogP contribution is -2.48. The number of benzene rings is 1. The minimum Gasteiger partial charge on any atom is -0.480 e. The SMILES string of the molecule is CCCCC1CN(C(=O)CC(NC(=O)OC(C)(C)C)C(=O)O)Cc2c1nc(-c1ccc(Cl)cc1)[nH]c2=O. The van der Waals surface area contributed by atoms with E-state index in [0.717, 1.165) is 18.4 Å². The molecule has 0 fully saturated rings. The zero-order chi connectivity index (χ0) is 27.3. The van der Waals surface area contributed by atoms with Crippen LogP contribution in [0.3, 0.4) is 0 Å². The van der Waals surface area contributed by atoms with Crippen molar-refractivity contribution in [3.05, 3.63) is 50.9 Å². The second kappa shape index (κ2) is 11.8. The number of fused-ring (bicyclic) bond motifs is 1. The molecule has 1 aromatic carbocycles. The highest BCUT2D eigenvalue weighted by atomic mass is 35.5. The van der Waals surface area contributed by atoms with E-state index in [4.69, 9.17) is 21.3 Å². The number of H-pyrrole nitrogens is 1. The average molecular weight is 533 g/mol. The molecule has 1 aromatic heterocycles. The van der Waals surface area contributed by atoms with Gasteiger partial charge in [-0.15, -0.1) is 0 Å². The first-order valence-electron chi connectivity index (χ1n) is 12.3. The number of aliphatic carboxylic acids is 1. The van der Waals surface area contributed by atoms with Crippen molar-refractivity contribution in [2.45, 2.75) is 77.5 Å². The molecule has 2 amide bonds. The number of hydrogen-bond donors (Lipinski definition) is 3. The Hall–Kier alpha value is -3.40. The van der Waals surface area contributed by atoms with Gasteiger partial charge in [-0.25, -0.2) is 14.6 Å². The van der Waals surface area contributed by atoms with Gasteiger partial charge in [0.15, 0.2) is 0 Å². The van der Waals surface area contributed by atoms with E-state index >= 15 is 0 Å². The Kier molecular flexibility index (Phi) is 8.96. The number of unbranched alkanes of at least 4 members (excludes halogenated alkanes) is 1. The standard InChI is InChI=1S/C26H33ClN4O6/c1-5-6-7-16-13-31(20(32)12-19(24(34)35)28-25(36)37-26(2,3)4)14-18-21(16)29-22(30-23(18)33)15-8-10-17(27)11-9-15/h8-11,16,19H,5-7,12-14H2,1-4H3,(H,28,36)(H,34,35)(H,29,30,33). The number of carbonyl (C=O) groups excluding carboxylic acids is 2. The van der Waals surface area contributed by atoms with Gasteiger partial charge in [-0.3, -0.25) is 9.59 Å². The van der Waals surface area contributed by atoms with Crippen LogP contribution in [0, 0.1) is 0 Å². The maximum atomic E-state index is 13.2. The minimum absolute atomic E-state index is 0.00119. The van der Waals surface area contributed by atoms with Crippen LogP contribution in [-0.4, -0.2) is 56.1 Å². The number of hydrogen-bond acceptors (Lipinski definition) is 6. The molecule has 37 heavy (non-hydrogen) atoms. The molecule has 3 N–H and O–H groups in total. The van der Waals surface area contributed by atoms with E-state index in [2.05, 4.69) is 17.2 Å². The van der Waals surface area contributed by atoms with Crippen molar-refractivity contribution < 1.29 is 24.2 Å². The van der Waals surface area contributed by atoms with Crippen molar-refractivity contribution in [1.29, 1.82) is 0 Å². The van der Waals surface area contributed by atoms with E-state index in [9.17, 15) is 24.3 Å². The minimum atomic E-state index is -1.47. The number of carbonyl (C=O) groups is 3. The smallest absolute Gasteiger partial charge is 0.408 e. The van der Waals surface area contributed by atoms with E-state index in [-0.39, 0.29) is 18.0 Å². The normalized spacial score (nSPS) is 16.0. The lowest BCUT2D eigenvalue weighted by molar-refractivity contribution is -0.143. The van der Waals surface area contributed by atoms with Crippen LogP contribution in [-0.2, 0) is 20.9 Å². The highest BCUT2D eigenvalue weighted by Gasteiger charge is 2.34. The number of ether oxygens (including phenoxy) is 1. The molecule has 0 radical (unpaired) electrons. The van der Waals surface area contributed by atoms with Crippen molar-refractivity contribution in [2.75, 3.05) is 6.54 Å². The van der Waals surface area contributed by atoms with Crippen LogP contribution in [0.1, 0.15) is 70.6 Å². The molecule has 1 aliphatic rings. The number of amides is 2. The van der Waals surface area contributed by atoms with Crippen LogP contribution in [0.5, 0.6) is 0 Å². The van der Waals surface area contributed by atoms with Crippen molar-refractivity contribution in [3.8, 4) is 11.4 Å². The summed E-state index contributed by atoms with van der Waals surface area (Å²) in [4.78, 5) is 59.1. The third kappa shape index (κ3) is 7.55. The highest BCUT2D eigenvalue weighted by Crippen LogP contribution is 2.31. The van der Waals surface area contributed by atoms with Crippen molar-refractivity contribution >= 4 is 29.6 Å². The Labute approximate surface area is 220 Å². The lowest BCUT2D eigenvalue weighted by Gasteiger charge is -2.34. The molecule has 2 atom stereocenters. The Bertz CT molecular complexity index is 1210. The summed E-state index contributed by atoms with van der Waals surface area (Å²) in [5.41, 5.74) is 0.572. The number of carboxylic acids is 1. The molecule has 0 aliphatic carbocycles. The molecule has 11 heteroatoms. The summed E-state index contributed by atoms with van der Waals surface area (Å²) in [6.45, 7) is 7.30. The average Bonchev–Trinajstić information content (AvgIpc) is 2.81. The first-order chi connectivity index (χ1) is 17.4. The summed E-state index contributed by atoms with van der Waals surface area (Å²) < 4.78 is 5.12. The van der Waals surface area contributed by atoms with Crippen molar-refractivity contribution in [1.82, 2.24) is 20.2 Å². The van der Waals surface area contributed by atoms with E-state index in [1.54, 1.807) is 45.0 Å². The number of rotatable bonds is 8. The Morgan fingerprint density at radius 3 is 2.54 bits per heavy atom. The van der Waals surface area contributed by atoms with Crippen LogP contribution in [0.15, 0.2) is 29.1 Å². The fourth-order valence-electron chi connectivity index (χ4n) is 4.18. The van der Waals surface area contributed by atoms with Crippen LogP contribution in [0.2, 0.25) is 5.02 Å². The highest BCUT2D eigenvalue weighted by molar-refractivity contribution is 6.30. The molecule has 2 unspecified atom stereocenters. The fraction of sp³-hybridized carbons (Fsp3) is 0.500. The summed E-state index contributed by atoms with van der Waals surface area (Å²) in [5, 5.41) is 12.4. The third-order valence-corrected chi connectivity index (χ3v) is 6.22. The summed E-state index contributed by atoms with van der Waals surface area (Å²) in [7, 11) is 0. The molecular formula is C26H33ClN4O6. The van der Waals surface area contributed by atoms with E-state index in [1.165, 1.54) is 4.90 Å². The number of carboxylic acid groups (broad SMARTS) is 1. The summed E-state index contributed by atoms with van der Waals surface area (Å²) in [6, 6.07) is 5.51. The topological polar surface area (TPSA) is 142 Å². The monoisotopic (exact) mass is 532 g/mol. The fourth-order valence-corrected chi connectivity index (χ4v) is 4.31. The van der Waals surface area contributed by atoms with Gasteiger partial charge in [0.2, 0.25) is 5.91 Å². The van der Waals surface area contributed by atoms with Gasteiger partial charge in [-0.1, -0.05) is 31.4 Å². The van der Waals surface area contributed by atoms with E-state index < -0.39 is 36.0 Å². The van der Waals surface area contributed by atoms with E-state index in [1.807, 2.05) is 0 Å². The lowest BCUT2D eigenvalue weighted by atomic mass is 9.90. The van der Waals surface area contributed by atoms with Crippen LogP contribution in [0.25, 0.3) is 11.4 Å². The summed E-state index contributed by atoms with van der Waals surface area (Å²) >= 11 is 5.99. The number of halogens is 1. The predicted octanol–water partition coefficient (Wildman–Crippen LogP) is 4.07. The molecule has 0 saturated carbocycles. The largest absolute Gasteiger partial charge is 0.480 e. The molecule has 0 bridgehead atoms. The number of nitrogens with zero attached hydrogens (tertiary/aromatic N) is 2. The maximum absolute atomic E-state index is 13.2. The molecular weight excluding hydrogens is 500 g/mol. The molecule has 1 aliphatic heterocycles. The Balaban J connectivity index is 1.85. The molecule has 0 saturated heterocycles. The number of nitrogens with one attached hydrogen (secondary N) is 2. The third-order valence-electron chi connectivity index (χ3n) is 5.97. The molecule has 0 spiro atoms. The molecule has 200 valence electrons. The Morgan fingerprint density at radius 1 is 1.27 bits per heavy atom. The van der Waals surface area contributed by atoms with E-state index in [0.29, 0.717) is 35.1 Å². The van der Waals surface area contributed by atoms with Crippen LogP contribution >= 0.6 is 11.6 Å². The molecule has 2 heterocycles. The number of aromatic amines is 1. The number of aromatic nitrogens is 2. The van der Waals surface area contributed by atoms with Gasteiger partial charge in [-0.05, 0) is 51.5 Å². The van der Waals surface area contributed by atoms with Gasteiger partial charge in [0.25, 0.3) is 5.56 Å². The van der Waals surface area contributed by atoms with Gasteiger partial charge in [0, 0.05) is 23.0 Å². The zero-order valence-electron chi connectivity index (χ0n) is 21.5. The maximum Gasteiger partial charge on any atom is 0.408 e. The quantitative estimate of drug-likeness (QED) is 0.465.